The molecule has 9 unspecified atom stereocenters. The van der Waals surface area contributed by atoms with Gasteiger partial charge in [0.25, 0.3) is 0 Å². The lowest BCUT2D eigenvalue weighted by molar-refractivity contribution is -0.164. The number of ketones is 1. The van der Waals surface area contributed by atoms with Crippen LogP contribution in [-0.4, -0.2) is 66.5 Å². The van der Waals surface area contributed by atoms with E-state index in [1.54, 1.807) is 7.11 Å². The molecule has 3 spiro atoms. The number of amides is 1. The molecule has 2 aliphatic heterocycles. The van der Waals surface area contributed by atoms with Gasteiger partial charge in [-0.3, -0.25) is 4.79 Å². The maximum Gasteiger partial charge on any atom is 0.410 e. The molecule has 8 aliphatic rings. The average molecular weight is 588 g/mol. The molecular formula is C36H45NO6. The zero-order valence-electron chi connectivity index (χ0n) is 25.8. The van der Waals surface area contributed by atoms with Crippen LogP contribution in [0.15, 0.2) is 48.1 Å². The fourth-order valence-corrected chi connectivity index (χ4v) is 11.5. The van der Waals surface area contributed by atoms with Crippen molar-refractivity contribution in [2.24, 2.45) is 33.5 Å². The number of rotatable bonds is 5. The van der Waals surface area contributed by atoms with Crippen LogP contribution in [0.25, 0.3) is 0 Å². The van der Waals surface area contributed by atoms with E-state index in [0.29, 0.717) is 25.1 Å². The number of fused-ring (bicyclic) bond motifs is 2. The molecule has 9 atom stereocenters. The Bertz CT molecular complexity index is 1410. The first kappa shape index (κ1) is 27.9. The first-order valence-corrected chi connectivity index (χ1v) is 16.5. The summed E-state index contributed by atoms with van der Waals surface area (Å²) in [5, 5.41) is 10.9. The summed E-state index contributed by atoms with van der Waals surface area (Å²) >= 11 is 0. The molecule has 9 rings (SSSR count). The van der Waals surface area contributed by atoms with Crippen molar-refractivity contribution in [2.75, 3.05) is 26.8 Å². The number of carbonyl (C=O) groups excluding carboxylic acids is 2. The summed E-state index contributed by atoms with van der Waals surface area (Å²) in [4.78, 5) is 30.0. The molecule has 0 aromatic heterocycles. The second-order valence-corrected chi connectivity index (χ2v) is 15.2. The van der Waals surface area contributed by atoms with Gasteiger partial charge in [-0.15, -0.1) is 0 Å². The minimum atomic E-state index is -0.565. The minimum Gasteiger partial charge on any atom is -0.497 e. The fraction of sp³-hybridized carbons (Fsp3) is 0.667. The number of aliphatic hydroxyl groups is 1. The standard InChI is InChI=1S/C36H45NO6/c1-32-13-10-24(38)19-34(32)16-17-36(27(20-34)30(39)23-6-8-25(41-3)9-7-23)28(32)11-14-33(2)29(36)12-15-35(33)22-37(31(40)43-35)21-26-5-4-18-42-26/h6-9,16-17,20,24,26,28-29,38H,4-5,10-15,18-19,21-22H2,1-3H3. The molecule has 2 bridgehead atoms. The molecule has 5 fully saturated rings. The average Bonchev–Trinajstić information content (AvgIpc) is 3.71. The predicted octanol–water partition coefficient (Wildman–Crippen LogP) is 6.11. The van der Waals surface area contributed by atoms with E-state index in [9.17, 15) is 14.7 Å². The van der Waals surface area contributed by atoms with Crippen LogP contribution in [0.3, 0.4) is 0 Å². The van der Waals surface area contributed by atoms with Gasteiger partial charge in [-0.2, -0.15) is 0 Å². The molecule has 0 radical (unpaired) electrons. The van der Waals surface area contributed by atoms with Crippen LogP contribution >= 0.6 is 0 Å². The van der Waals surface area contributed by atoms with Gasteiger partial charge in [-0.25, -0.2) is 4.79 Å². The Balaban J connectivity index is 1.22. The van der Waals surface area contributed by atoms with Gasteiger partial charge >= 0.3 is 6.09 Å². The Morgan fingerprint density at radius 2 is 1.77 bits per heavy atom. The largest absolute Gasteiger partial charge is 0.497 e. The number of hydrogen-bond donors (Lipinski definition) is 1. The Labute approximate surface area is 254 Å². The molecule has 2 saturated heterocycles. The highest BCUT2D eigenvalue weighted by atomic mass is 16.6. The molecule has 1 aromatic carbocycles. The van der Waals surface area contributed by atoms with Crippen LogP contribution in [0.1, 0.15) is 82.0 Å². The molecule has 2 heterocycles. The summed E-state index contributed by atoms with van der Waals surface area (Å²) in [6.45, 7) is 6.74. The van der Waals surface area contributed by atoms with Gasteiger partial charge in [0.05, 0.1) is 32.4 Å². The van der Waals surface area contributed by atoms with E-state index in [-0.39, 0.29) is 52.2 Å². The van der Waals surface area contributed by atoms with E-state index in [1.807, 2.05) is 29.2 Å². The number of hydrogen-bond acceptors (Lipinski definition) is 6. The van der Waals surface area contributed by atoms with Gasteiger partial charge in [0.15, 0.2) is 5.78 Å². The third-order valence-corrected chi connectivity index (χ3v) is 13.7. The Hall–Kier alpha value is -2.64. The summed E-state index contributed by atoms with van der Waals surface area (Å²) in [5.41, 5.74) is -0.0892. The maximum atomic E-state index is 14.7. The van der Waals surface area contributed by atoms with Crippen LogP contribution in [0.4, 0.5) is 4.79 Å². The topological polar surface area (TPSA) is 85.3 Å². The number of allylic oxidation sites excluding steroid dienone is 4. The van der Waals surface area contributed by atoms with Crippen molar-refractivity contribution in [3.8, 4) is 5.75 Å². The van der Waals surface area contributed by atoms with E-state index in [4.69, 9.17) is 14.2 Å². The van der Waals surface area contributed by atoms with Gasteiger partial charge in [0, 0.05) is 34.0 Å². The second-order valence-electron chi connectivity index (χ2n) is 15.2. The number of nitrogens with zero attached hydrogens (tertiary/aromatic N) is 1. The number of Topliss-reactive ketones (excluding diaryl/α,β-unsaturated/α-hetero) is 1. The van der Waals surface area contributed by atoms with Crippen molar-refractivity contribution in [1.29, 1.82) is 0 Å². The van der Waals surface area contributed by atoms with E-state index >= 15 is 0 Å². The van der Waals surface area contributed by atoms with Gasteiger partial charge in [0.2, 0.25) is 0 Å². The Kier molecular flexibility index (Phi) is 5.96. The fourth-order valence-electron chi connectivity index (χ4n) is 11.5. The summed E-state index contributed by atoms with van der Waals surface area (Å²) in [6, 6.07) is 7.49. The number of aliphatic hydroxyl groups excluding tert-OH is 1. The molecular weight excluding hydrogens is 542 g/mol. The third kappa shape index (κ3) is 3.50. The Morgan fingerprint density at radius 1 is 1.02 bits per heavy atom. The molecule has 1 N–H and O–H groups in total. The molecule has 1 aromatic rings. The first-order chi connectivity index (χ1) is 20.6. The van der Waals surface area contributed by atoms with Gasteiger partial charge < -0.3 is 24.2 Å². The van der Waals surface area contributed by atoms with Crippen molar-refractivity contribution in [1.82, 2.24) is 4.90 Å². The number of methoxy groups -OCH3 is 1. The van der Waals surface area contributed by atoms with Crippen LogP contribution in [0.2, 0.25) is 0 Å². The normalized spacial score (nSPS) is 45.9. The highest BCUT2D eigenvalue weighted by Gasteiger charge is 2.76. The van der Waals surface area contributed by atoms with E-state index in [0.717, 1.165) is 69.3 Å². The van der Waals surface area contributed by atoms with Crippen molar-refractivity contribution >= 4 is 11.9 Å². The number of carbonyl (C=O) groups is 2. The van der Waals surface area contributed by atoms with Crippen molar-refractivity contribution < 1.29 is 28.9 Å². The molecule has 1 amide bonds. The van der Waals surface area contributed by atoms with Crippen molar-refractivity contribution in [3.05, 3.63) is 53.6 Å². The third-order valence-electron chi connectivity index (χ3n) is 13.7. The summed E-state index contributed by atoms with van der Waals surface area (Å²) in [6.07, 6.45) is 14.7. The van der Waals surface area contributed by atoms with E-state index in [2.05, 4.69) is 32.1 Å². The zero-order chi connectivity index (χ0) is 29.8. The maximum absolute atomic E-state index is 14.7. The highest BCUT2D eigenvalue weighted by molar-refractivity contribution is 6.10. The van der Waals surface area contributed by atoms with Crippen molar-refractivity contribution in [3.63, 3.8) is 0 Å². The predicted molar refractivity (Wildman–Crippen MR) is 161 cm³/mol. The van der Waals surface area contributed by atoms with Crippen LogP contribution in [0.5, 0.6) is 5.75 Å². The monoisotopic (exact) mass is 587 g/mol. The van der Waals surface area contributed by atoms with E-state index < -0.39 is 11.0 Å². The van der Waals surface area contributed by atoms with E-state index in [1.165, 1.54) is 0 Å². The molecule has 7 nitrogen and oxygen atoms in total. The van der Waals surface area contributed by atoms with Gasteiger partial charge in [-0.1, -0.05) is 32.1 Å². The van der Waals surface area contributed by atoms with Crippen molar-refractivity contribution in [2.45, 2.75) is 89.4 Å². The summed E-state index contributed by atoms with van der Waals surface area (Å²) in [7, 11) is 1.64. The van der Waals surface area contributed by atoms with Gasteiger partial charge in [0.1, 0.15) is 11.4 Å². The zero-order valence-corrected chi connectivity index (χ0v) is 25.8. The molecule has 43 heavy (non-hydrogen) atoms. The lowest BCUT2D eigenvalue weighted by Crippen LogP contribution is -2.67. The smallest absolute Gasteiger partial charge is 0.410 e. The lowest BCUT2D eigenvalue weighted by atomic mass is 9.32. The molecule has 230 valence electrons. The number of benzene rings is 1. The minimum absolute atomic E-state index is 0.0417. The van der Waals surface area contributed by atoms with Crippen LogP contribution in [0, 0.1) is 33.5 Å². The highest BCUT2D eigenvalue weighted by Crippen LogP contribution is 2.79. The lowest BCUT2D eigenvalue weighted by Gasteiger charge is -2.71. The molecule has 7 heteroatoms. The summed E-state index contributed by atoms with van der Waals surface area (Å²) < 4.78 is 17.8. The SMILES string of the molecule is COc1ccc(C(=O)C2=CC34C=CC25C(CCC2(C)C5CCC25CN(CC2CCCO2)C(=O)O5)C3(C)CCC(O)C4)cc1. The summed E-state index contributed by atoms with van der Waals surface area (Å²) in [5.74, 6) is 1.26. The molecule has 3 saturated carbocycles. The second kappa shape index (κ2) is 9.20. The first-order valence-electron chi connectivity index (χ1n) is 16.5. The van der Waals surface area contributed by atoms with Crippen LogP contribution in [-0.2, 0) is 9.47 Å². The van der Waals surface area contributed by atoms with Crippen LogP contribution < -0.4 is 4.74 Å². The molecule has 6 aliphatic carbocycles. The quantitative estimate of drug-likeness (QED) is 0.331. The van der Waals surface area contributed by atoms with Gasteiger partial charge in [-0.05, 0) is 99.3 Å². The number of ether oxygens (including phenoxy) is 3. The Morgan fingerprint density at radius 3 is 2.51 bits per heavy atom.